The maximum Gasteiger partial charge on any atom is 0.255 e. The number of nitrogens with zero attached hydrogens (tertiary/aromatic N) is 1. The summed E-state index contributed by atoms with van der Waals surface area (Å²) in [6.07, 6.45) is 1.64. The summed E-state index contributed by atoms with van der Waals surface area (Å²) in [5.74, 6) is 0.848. The van der Waals surface area contributed by atoms with Crippen LogP contribution in [0.2, 0.25) is 0 Å². The van der Waals surface area contributed by atoms with E-state index in [0.29, 0.717) is 22.9 Å². The number of pyridine rings is 1. The second-order valence-electron chi connectivity index (χ2n) is 7.99. The molecule has 0 fully saturated rings. The number of carbonyl (C=O) groups is 1. The molecule has 3 aromatic rings. The lowest BCUT2D eigenvalue weighted by atomic mass is 9.87. The summed E-state index contributed by atoms with van der Waals surface area (Å²) in [5, 5.41) is 2.90. The van der Waals surface area contributed by atoms with Gasteiger partial charge in [0.25, 0.3) is 5.91 Å². The van der Waals surface area contributed by atoms with Crippen molar-refractivity contribution in [2.24, 2.45) is 0 Å². The molecule has 1 heterocycles. The number of nitrogens with one attached hydrogen (secondary N) is 1. The predicted molar refractivity (Wildman–Crippen MR) is 113 cm³/mol. The predicted octanol–water partition coefficient (Wildman–Crippen LogP) is 6.04. The number of carbonyl (C=O) groups excluding carboxylic acids is 1. The standard InChI is InChI=1S/C24H26N2O2/c1-16-8-9-18(15-17(16)2)22(27)26-21-7-6-14-25-23(21)28-20-12-10-19(11-13-20)24(3,4)5/h6-15H,1-5H3,(H,26,27). The van der Waals surface area contributed by atoms with E-state index in [9.17, 15) is 4.79 Å². The Labute approximate surface area is 166 Å². The van der Waals surface area contributed by atoms with Crippen LogP contribution in [0.25, 0.3) is 0 Å². The van der Waals surface area contributed by atoms with Crippen molar-refractivity contribution in [3.05, 3.63) is 83.0 Å². The highest BCUT2D eigenvalue weighted by atomic mass is 16.5. The summed E-state index contributed by atoms with van der Waals surface area (Å²) < 4.78 is 5.93. The Hall–Kier alpha value is -3.14. The van der Waals surface area contributed by atoms with Crippen LogP contribution in [0.15, 0.2) is 60.8 Å². The van der Waals surface area contributed by atoms with Gasteiger partial charge in [-0.25, -0.2) is 4.98 Å². The van der Waals surface area contributed by atoms with E-state index >= 15 is 0 Å². The molecule has 28 heavy (non-hydrogen) atoms. The zero-order valence-electron chi connectivity index (χ0n) is 17.0. The van der Waals surface area contributed by atoms with Crippen molar-refractivity contribution >= 4 is 11.6 Å². The maximum atomic E-state index is 12.6. The van der Waals surface area contributed by atoms with Gasteiger partial charge in [-0.3, -0.25) is 4.79 Å². The first-order chi connectivity index (χ1) is 13.2. The maximum absolute atomic E-state index is 12.6. The van der Waals surface area contributed by atoms with Gasteiger partial charge in [-0.05, 0) is 72.4 Å². The average Bonchev–Trinajstić information content (AvgIpc) is 2.65. The summed E-state index contributed by atoms with van der Waals surface area (Å²) in [6.45, 7) is 10.5. The number of benzene rings is 2. The summed E-state index contributed by atoms with van der Waals surface area (Å²) in [6, 6.07) is 17.1. The van der Waals surface area contributed by atoms with Crippen LogP contribution in [0.3, 0.4) is 0 Å². The Bertz CT molecular complexity index is 986. The fourth-order valence-electron chi connectivity index (χ4n) is 2.78. The van der Waals surface area contributed by atoms with E-state index in [-0.39, 0.29) is 11.3 Å². The number of aromatic nitrogens is 1. The van der Waals surface area contributed by atoms with E-state index in [0.717, 1.165) is 11.1 Å². The Balaban J connectivity index is 1.79. The van der Waals surface area contributed by atoms with Gasteiger partial charge in [0.1, 0.15) is 11.4 Å². The van der Waals surface area contributed by atoms with Gasteiger partial charge in [0, 0.05) is 11.8 Å². The minimum absolute atomic E-state index is 0.0782. The molecule has 0 saturated carbocycles. The van der Waals surface area contributed by atoms with E-state index in [2.05, 4.69) is 31.1 Å². The second-order valence-corrected chi connectivity index (χ2v) is 7.99. The molecule has 1 aromatic heterocycles. The zero-order chi connectivity index (χ0) is 20.3. The Morgan fingerprint density at radius 3 is 2.32 bits per heavy atom. The van der Waals surface area contributed by atoms with Crippen molar-refractivity contribution in [1.82, 2.24) is 4.98 Å². The minimum Gasteiger partial charge on any atom is -0.437 e. The highest BCUT2D eigenvalue weighted by molar-refractivity contribution is 6.05. The molecule has 0 saturated heterocycles. The molecule has 4 nitrogen and oxygen atoms in total. The van der Waals surface area contributed by atoms with Crippen molar-refractivity contribution in [3.8, 4) is 11.6 Å². The SMILES string of the molecule is Cc1ccc(C(=O)Nc2cccnc2Oc2ccc(C(C)(C)C)cc2)cc1C. The van der Waals surface area contributed by atoms with Crippen LogP contribution in [-0.2, 0) is 5.41 Å². The third-order valence-electron chi connectivity index (χ3n) is 4.72. The van der Waals surface area contributed by atoms with Crippen LogP contribution in [0.5, 0.6) is 11.6 Å². The fourth-order valence-corrected chi connectivity index (χ4v) is 2.78. The molecule has 0 unspecified atom stereocenters. The Morgan fingerprint density at radius 1 is 0.964 bits per heavy atom. The number of ether oxygens (including phenoxy) is 1. The molecular formula is C24H26N2O2. The Morgan fingerprint density at radius 2 is 1.68 bits per heavy atom. The third-order valence-corrected chi connectivity index (χ3v) is 4.72. The molecule has 0 aliphatic heterocycles. The smallest absolute Gasteiger partial charge is 0.255 e. The molecule has 0 radical (unpaired) electrons. The van der Waals surface area contributed by atoms with Gasteiger partial charge in [0.05, 0.1) is 0 Å². The van der Waals surface area contributed by atoms with Crippen molar-refractivity contribution < 1.29 is 9.53 Å². The van der Waals surface area contributed by atoms with Crippen LogP contribution < -0.4 is 10.1 Å². The van der Waals surface area contributed by atoms with Crippen molar-refractivity contribution in [2.75, 3.05) is 5.32 Å². The molecule has 4 heteroatoms. The highest BCUT2D eigenvalue weighted by Gasteiger charge is 2.15. The quantitative estimate of drug-likeness (QED) is 0.605. The molecule has 0 atom stereocenters. The number of rotatable bonds is 4. The normalized spacial score (nSPS) is 11.2. The summed E-state index contributed by atoms with van der Waals surface area (Å²) in [4.78, 5) is 16.9. The lowest BCUT2D eigenvalue weighted by Gasteiger charge is -2.19. The molecule has 0 aliphatic carbocycles. The van der Waals surface area contributed by atoms with Gasteiger partial charge in [-0.1, -0.05) is 39.0 Å². The summed E-state index contributed by atoms with van der Waals surface area (Å²) >= 11 is 0. The summed E-state index contributed by atoms with van der Waals surface area (Å²) in [7, 11) is 0. The van der Waals surface area contributed by atoms with Gasteiger partial charge in [-0.2, -0.15) is 0 Å². The van der Waals surface area contributed by atoms with Crippen molar-refractivity contribution in [3.63, 3.8) is 0 Å². The monoisotopic (exact) mass is 374 g/mol. The minimum atomic E-state index is -0.191. The largest absolute Gasteiger partial charge is 0.437 e. The van der Waals surface area contributed by atoms with E-state index < -0.39 is 0 Å². The van der Waals surface area contributed by atoms with Crippen LogP contribution in [-0.4, -0.2) is 10.9 Å². The third kappa shape index (κ3) is 4.58. The number of aryl methyl sites for hydroxylation is 2. The molecule has 0 aliphatic rings. The van der Waals surface area contributed by atoms with Crippen LogP contribution >= 0.6 is 0 Å². The molecular weight excluding hydrogens is 348 g/mol. The molecule has 2 aromatic carbocycles. The number of hydrogen-bond acceptors (Lipinski definition) is 3. The fraction of sp³-hybridized carbons (Fsp3) is 0.250. The van der Waals surface area contributed by atoms with Crippen molar-refractivity contribution in [1.29, 1.82) is 0 Å². The molecule has 1 amide bonds. The zero-order valence-corrected chi connectivity index (χ0v) is 17.0. The number of amides is 1. The van der Waals surface area contributed by atoms with E-state index in [1.807, 2.05) is 56.3 Å². The molecule has 0 bridgehead atoms. The van der Waals surface area contributed by atoms with Gasteiger partial charge in [-0.15, -0.1) is 0 Å². The molecule has 1 N–H and O–H groups in total. The number of hydrogen-bond donors (Lipinski definition) is 1. The van der Waals surface area contributed by atoms with Gasteiger partial charge in [0.15, 0.2) is 0 Å². The topological polar surface area (TPSA) is 51.2 Å². The van der Waals surface area contributed by atoms with Crippen LogP contribution in [0, 0.1) is 13.8 Å². The van der Waals surface area contributed by atoms with E-state index in [1.165, 1.54) is 5.56 Å². The van der Waals surface area contributed by atoms with E-state index in [4.69, 9.17) is 4.74 Å². The van der Waals surface area contributed by atoms with E-state index in [1.54, 1.807) is 18.3 Å². The van der Waals surface area contributed by atoms with Crippen LogP contribution in [0.1, 0.15) is 47.8 Å². The average molecular weight is 374 g/mol. The summed E-state index contributed by atoms with van der Waals surface area (Å²) in [5.41, 5.74) is 4.67. The first-order valence-corrected chi connectivity index (χ1v) is 9.36. The second kappa shape index (κ2) is 7.85. The Kier molecular flexibility index (Phi) is 5.50. The molecule has 0 spiro atoms. The lowest BCUT2D eigenvalue weighted by Crippen LogP contribution is -2.13. The van der Waals surface area contributed by atoms with Gasteiger partial charge in [0.2, 0.25) is 5.88 Å². The van der Waals surface area contributed by atoms with Crippen molar-refractivity contribution in [2.45, 2.75) is 40.0 Å². The first kappa shape index (κ1) is 19.6. The molecule has 144 valence electrons. The van der Waals surface area contributed by atoms with Gasteiger partial charge < -0.3 is 10.1 Å². The van der Waals surface area contributed by atoms with Gasteiger partial charge >= 0.3 is 0 Å². The highest BCUT2D eigenvalue weighted by Crippen LogP contribution is 2.29. The molecule has 3 rings (SSSR count). The first-order valence-electron chi connectivity index (χ1n) is 9.36. The number of anilines is 1. The lowest BCUT2D eigenvalue weighted by molar-refractivity contribution is 0.102. The van der Waals surface area contributed by atoms with Crippen LogP contribution in [0.4, 0.5) is 5.69 Å².